The molecule has 0 aliphatic rings. The maximum absolute atomic E-state index is 12.9. The van der Waals surface area contributed by atoms with Crippen LogP contribution in [0.15, 0.2) is 39.9 Å². The molecule has 0 aliphatic carbocycles. The first-order chi connectivity index (χ1) is 11.9. The molecule has 0 amide bonds. The molecule has 0 spiro atoms. The zero-order chi connectivity index (χ0) is 18.4. The Labute approximate surface area is 151 Å². The Morgan fingerprint density at radius 3 is 2.60 bits per heavy atom. The highest BCUT2D eigenvalue weighted by molar-refractivity contribution is 9.10. The molecule has 0 fully saturated rings. The topological polar surface area (TPSA) is 78.3 Å². The van der Waals surface area contributed by atoms with E-state index in [9.17, 15) is 18.8 Å². The Hall–Kier alpha value is -2.35. The van der Waals surface area contributed by atoms with Crippen molar-refractivity contribution in [2.24, 2.45) is 0 Å². The van der Waals surface area contributed by atoms with E-state index in [-0.39, 0.29) is 36.2 Å². The Bertz CT molecular complexity index is 834. The van der Waals surface area contributed by atoms with Crippen molar-refractivity contribution in [1.29, 1.82) is 0 Å². The molecule has 0 aliphatic heterocycles. The maximum Gasteiger partial charge on any atom is 0.326 e. The molecule has 0 radical (unpaired) electrons. The van der Waals surface area contributed by atoms with Gasteiger partial charge in [0, 0.05) is 12.0 Å². The number of esters is 1. The number of carbonyl (C=O) groups excluding carboxylic acids is 2. The minimum atomic E-state index is -0.530. The zero-order valence-electron chi connectivity index (χ0n) is 13.5. The fourth-order valence-corrected chi connectivity index (χ4v) is 2.67. The van der Waals surface area contributed by atoms with Gasteiger partial charge in [-0.3, -0.25) is 19.0 Å². The summed E-state index contributed by atoms with van der Waals surface area (Å²) in [6.45, 7) is 1.68. The summed E-state index contributed by atoms with van der Waals surface area (Å²) in [7, 11) is 0. The van der Waals surface area contributed by atoms with Crippen LogP contribution in [0.2, 0.25) is 0 Å². The van der Waals surface area contributed by atoms with Gasteiger partial charge in [0.05, 0.1) is 18.6 Å². The van der Waals surface area contributed by atoms with Gasteiger partial charge in [-0.15, -0.1) is 0 Å². The van der Waals surface area contributed by atoms with Crippen LogP contribution in [-0.2, 0) is 22.5 Å². The number of Topliss-reactive ketones (excluding diaryl/α,β-unsaturated/α-hetero) is 1. The zero-order valence-corrected chi connectivity index (χ0v) is 15.1. The summed E-state index contributed by atoms with van der Waals surface area (Å²) >= 11 is 3.17. The monoisotopic (exact) mass is 410 g/mol. The van der Waals surface area contributed by atoms with E-state index in [1.54, 1.807) is 6.92 Å². The van der Waals surface area contributed by atoms with Crippen LogP contribution in [-0.4, -0.2) is 27.9 Å². The van der Waals surface area contributed by atoms with Gasteiger partial charge >= 0.3 is 5.97 Å². The molecule has 1 aromatic heterocycles. The Morgan fingerprint density at radius 1 is 1.28 bits per heavy atom. The van der Waals surface area contributed by atoms with Crippen LogP contribution >= 0.6 is 15.9 Å². The second-order valence-corrected chi connectivity index (χ2v) is 5.97. The number of rotatable bonds is 7. The minimum absolute atomic E-state index is 0.124. The molecule has 8 heteroatoms. The van der Waals surface area contributed by atoms with E-state index in [1.165, 1.54) is 30.6 Å². The van der Waals surface area contributed by atoms with Crippen LogP contribution in [0.25, 0.3) is 0 Å². The van der Waals surface area contributed by atoms with Gasteiger partial charge in [0.2, 0.25) is 0 Å². The van der Waals surface area contributed by atoms with Crippen molar-refractivity contribution in [3.05, 3.63) is 62.5 Å². The van der Waals surface area contributed by atoms with Gasteiger partial charge in [0.1, 0.15) is 16.8 Å². The van der Waals surface area contributed by atoms with Crippen molar-refractivity contribution in [2.75, 3.05) is 6.61 Å². The highest BCUT2D eigenvalue weighted by Gasteiger charge is 2.14. The largest absolute Gasteiger partial charge is 0.465 e. The lowest BCUT2D eigenvalue weighted by Crippen LogP contribution is -2.27. The van der Waals surface area contributed by atoms with Gasteiger partial charge in [0.25, 0.3) is 5.56 Å². The van der Waals surface area contributed by atoms with Gasteiger partial charge in [-0.2, -0.15) is 0 Å². The highest BCUT2D eigenvalue weighted by atomic mass is 79.9. The van der Waals surface area contributed by atoms with E-state index in [4.69, 9.17) is 4.74 Å². The number of aryl methyl sites for hydroxylation is 1. The van der Waals surface area contributed by atoms with E-state index in [2.05, 4.69) is 20.9 Å². The van der Waals surface area contributed by atoms with Gasteiger partial charge in [-0.1, -0.05) is 0 Å². The molecule has 0 saturated carbocycles. The lowest BCUT2D eigenvalue weighted by atomic mass is 10.1. The van der Waals surface area contributed by atoms with Gasteiger partial charge in [-0.05, 0) is 53.5 Å². The van der Waals surface area contributed by atoms with Crippen LogP contribution in [0.1, 0.15) is 29.4 Å². The van der Waals surface area contributed by atoms with Crippen LogP contribution < -0.4 is 5.56 Å². The third-order valence-corrected chi connectivity index (χ3v) is 4.21. The van der Waals surface area contributed by atoms with Crippen LogP contribution in [0, 0.1) is 5.82 Å². The number of hydrogen-bond donors (Lipinski definition) is 0. The highest BCUT2D eigenvalue weighted by Crippen LogP contribution is 2.13. The minimum Gasteiger partial charge on any atom is -0.465 e. The summed E-state index contributed by atoms with van der Waals surface area (Å²) in [4.78, 5) is 39.9. The van der Waals surface area contributed by atoms with E-state index >= 15 is 0 Å². The van der Waals surface area contributed by atoms with E-state index in [0.717, 1.165) is 4.57 Å². The summed E-state index contributed by atoms with van der Waals surface area (Å²) in [5, 5.41) is 0. The SMILES string of the molecule is CCOC(=O)Cn1cnc(CCC(=O)c2ccc(F)cc2)c(Br)c1=O. The molecule has 25 heavy (non-hydrogen) atoms. The molecule has 2 rings (SSSR count). The third-order valence-electron chi connectivity index (χ3n) is 3.41. The summed E-state index contributed by atoms with van der Waals surface area (Å²) in [6.07, 6.45) is 1.62. The molecule has 2 aromatic rings. The quantitative estimate of drug-likeness (QED) is 0.517. The molecule has 1 heterocycles. The predicted molar refractivity (Wildman–Crippen MR) is 91.9 cm³/mol. The number of hydrogen-bond acceptors (Lipinski definition) is 5. The van der Waals surface area contributed by atoms with Crippen LogP contribution in [0.4, 0.5) is 4.39 Å². The molecule has 0 saturated heterocycles. The van der Waals surface area contributed by atoms with Crippen LogP contribution in [0.5, 0.6) is 0 Å². The summed E-state index contributed by atoms with van der Waals surface area (Å²) in [6, 6.07) is 5.27. The molecule has 1 aromatic carbocycles. The lowest BCUT2D eigenvalue weighted by molar-refractivity contribution is -0.143. The first-order valence-electron chi connectivity index (χ1n) is 7.60. The Balaban J connectivity index is 2.06. The van der Waals surface area contributed by atoms with Crippen molar-refractivity contribution < 1.29 is 18.7 Å². The van der Waals surface area contributed by atoms with E-state index < -0.39 is 17.3 Å². The summed E-state index contributed by atoms with van der Waals surface area (Å²) in [5.74, 6) is -1.12. The molecule has 0 N–H and O–H groups in total. The lowest BCUT2D eigenvalue weighted by Gasteiger charge is -2.08. The average Bonchev–Trinajstić information content (AvgIpc) is 2.59. The van der Waals surface area contributed by atoms with Crippen molar-refractivity contribution in [2.45, 2.75) is 26.3 Å². The first kappa shape index (κ1) is 19.0. The third kappa shape index (κ3) is 5.06. The van der Waals surface area contributed by atoms with Gasteiger partial charge in [-0.25, -0.2) is 9.37 Å². The summed E-state index contributed by atoms with van der Waals surface area (Å²) < 4.78 is 19.0. The second-order valence-electron chi connectivity index (χ2n) is 5.17. The Kier molecular flexibility index (Phi) is 6.58. The fraction of sp³-hybridized carbons (Fsp3) is 0.294. The van der Waals surface area contributed by atoms with Crippen molar-refractivity contribution in [1.82, 2.24) is 9.55 Å². The standard InChI is InChI=1S/C17H16BrFN2O4/c1-2-25-15(23)9-21-10-20-13(16(18)17(21)24)7-8-14(22)11-3-5-12(19)6-4-11/h3-6,10H,2,7-9H2,1H3. The molecule has 0 bridgehead atoms. The maximum atomic E-state index is 12.9. The normalized spacial score (nSPS) is 10.5. The molecule has 132 valence electrons. The number of carbonyl (C=O) groups is 2. The summed E-state index contributed by atoms with van der Waals surface area (Å²) in [5.41, 5.74) is 0.390. The smallest absolute Gasteiger partial charge is 0.326 e. The van der Waals surface area contributed by atoms with E-state index in [0.29, 0.717) is 11.3 Å². The van der Waals surface area contributed by atoms with Crippen LogP contribution in [0.3, 0.4) is 0 Å². The van der Waals surface area contributed by atoms with E-state index in [1.807, 2.05) is 0 Å². The number of aromatic nitrogens is 2. The Morgan fingerprint density at radius 2 is 1.96 bits per heavy atom. The van der Waals surface area contributed by atoms with Crippen molar-refractivity contribution in [3.8, 4) is 0 Å². The predicted octanol–water partition coefficient (Wildman–Crippen LogP) is 2.52. The van der Waals surface area contributed by atoms with Crippen molar-refractivity contribution in [3.63, 3.8) is 0 Å². The molecular formula is C17H16BrFN2O4. The fourth-order valence-electron chi connectivity index (χ4n) is 2.14. The molecule has 0 atom stereocenters. The number of ether oxygens (including phenoxy) is 1. The first-order valence-corrected chi connectivity index (χ1v) is 8.40. The number of halogens is 2. The second kappa shape index (κ2) is 8.66. The van der Waals surface area contributed by atoms with Gasteiger partial charge in [0.15, 0.2) is 5.78 Å². The molecule has 6 nitrogen and oxygen atoms in total. The number of ketones is 1. The van der Waals surface area contributed by atoms with Gasteiger partial charge < -0.3 is 4.74 Å². The number of benzene rings is 1. The average molecular weight is 411 g/mol. The number of nitrogens with zero attached hydrogens (tertiary/aromatic N) is 2. The molecular weight excluding hydrogens is 395 g/mol. The van der Waals surface area contributed by atoms with Crippen molar-refractivity contribution >= 4 is 27.7 Å². The molecule has 0 unspecified atom stereocenters.